The number of piperidine rings is 1. The number of hydrogen-bond acceptors (Lipinski definition) is 4. The van der Waals surface area contributed by atoms with Gasteiger partial charge >= 0.3 is 0 Å². The molecular formula is C20H29F2N3O2. The van der Waals surface area contributed by atoms with Gasteiger partial charge in [-0.2, -0.15) is 0 Å². The smallest absolute Gasteiger partial charge is 0.250 e. The van der Waals surface area contributed by atoms with E-state index in [9.17, 15) is 18.7 Å². The van der Waals surface area contributed by atoms with Gasteiger partial charge in [0, 0.05) is 45.1 Å². The normalized spacial score (nSPS) is 23.7. The van der Waals surface area contributed by atoms with Crippen molar-refractivity contribution in [2.24, 2.45) is 5.92 Å². The third-order valence-corrected chi connectivity index (χ3v) is 5.64. The van der Waals surface area contributed by atoms with Crippen LogP contribution in [0.4, 0.5) is 8.78 Å². The van der Waals surface area contributed by atoms with E-state index in [1.807, 2.05) is 24.8 Å². The van der Waals surface area contributed by atoms with Crippen molar-refractivity contribution in [3.8, 4) is 5.75 Å². The zero-order chi connectivity index (χ0) is 19.6. The van der Waals surface area contributed by atoms with E-state index < -0.39 is 5.92 Å². The van der Waals surface area contributed by atoms with Crippen molar-refractivity contribution >= 4 is 5.91 Å². The Hall–Kier alpha value is -1.73. The number of nitrogens with one attached hydrogen (secondary N) is 2. The lowest BCUT2D eigenvalue weighted by atomic mass is 9.94. The van der Waals surface area contributed by atoms with Gasteiger partial charge in [0.1, 0.15) is 5.75 Å². The Morgan fingerprint density at radius 2 is 2.04 bits per heavy atom. The second-order valence-corrected chi connectivity index (χ2v) is 8.11. The number of alkyl halides is 2. The fourth-order valence-electron chi connectivity index (χ4n) is 3.73. The molecule has 7 heteroatoms. The molecule has 1 aromatic rings. The van der Waals surface area contributed by atoms with Crippen LogP contribution < -0.4 is 10.6 Å². The summed E-state index contributed by atoms with van der Waals surface area (Å²) in [6, 6.07) is 4.82. The monoisotopic (exact) mass is 381 g/mol. The number of halogens is 2. The largest absolute Gasteiger partial charge is 0.508 e. The van der Waals surface area contributed by atoms with Crippen molar-refractivity contribution in [2.45, 2.75) is 57.7 Å². The molecule has 2 atom stereocenters. The van der Waals surface area contributed by atoms with E-state index in [0.29, 0.717) is 32.6 Å². The van der Waals surface area contributed by atoms with Crippen LogP contribution in [0.15, 0.2) is 18.2 Å². The first kappa shape index (κ1) is 20.0. The van der Waals surface area contributed by atoms with E-state index in [1.54, 1.807) is 12.1 Å². The highest BCUT2D eigenvalue weighted by atomic mass is 19.3. The third kappa shape index (κ3) is 5.17. The minimum atomic E-state index is -2.55. The van der Waals surface area contributed by atoms with Crippen LogP contribution in [0.5, 0.6) is 5.75 Å². The van der Waals surface area contributed by atoms with Crippen LogP contribution in [0, 0.1) is 5.92 Å². The van der Waals surface area contributed by atoms with Gasteiger partial charge in [0.2, 0.25) is 5.91 Å². The molecule has 0 aromatic heterocycles. The zero-order valence-corrected chi connectivity index (χ0v) is 16.0. The number of likely N-dealkylation sites (tertiary alicyclic amines) is 1. The van der Waals surface area contributed by atoms with E-state index >= 15 is 0 Å². The standard InChI is InChI=1S/C20H29F2N3O2/c1-13(2)18(12-25-7-5-20(21,22)6-8-25)24-19(27)17-10-14-3-4-16(26)9-15(14)11-23-17/h3-4,9,13,17-18,23,26H,5-8,10-12H2,1-2H3,(H,24,27)/t17-,18?/m1/s1. The van der Waals surface area contributed by atoms with Crippen LogP contribution in [0.1, 0.15) is 37.8 Å². The number of benzene rings is 1. The summed E-state index contributed by atoms with van der Waals surface area (Å²) in [4.78, 5) is 14.8. The molecule has 0 radical (unpaired) electrons. The Balaban J connectivity index is 1.57. The molecule has 3 N–H and O–H groups in total. The first-order chi connectivity index (χ1) is 12.7. The first-order valence-electron chi connectivity index (χ1n) is 9.68. The fourth-order valence-corrected chi connectivity index (χ4v) is 3.73. The molecule has 0 aliphatic carbocycles. The minimum Gasteiger partial charge on any atom is -0.508 e. The highest BCUT2D eigenvalue weighted by Crippen LogP contribution is 2.28. The molecule has 3 rings (SSSR count). The summed E-state index contributed by atoms with van der Waals surface area (Å²) in [6.45, 7) is 5.94. The lowest BCUT2D eigenvalue weighted by Crippen LogP contribution is -2.55. The van der Waals surface area contributed by atoms with E-state index in [4.69, 9.17) is 0 Å². The third-order valence-electron chi connectivity index (χ3n) is 5.64. The van der Waals surface area contributed by atoms with Gasteiger partial charge in [-0.05, 0) is 35.6 Å². The Morgan fingerprint density at radius 1 is 1.33 bits per heavy atom. The summed E-state index contributed by atoms with van der Waals surface area (Å²) in [7, 11) is 0. The zero-order valence-electron chi connectivity index (χ0n) is 16.0. The molecule has 1 amide bonds. The summed E-state index contributed by atoms with van der Waals surface area (Å²) in [5.74, 6) is -2.18. The van der Waals surface area contributed by atoms with Crippen molar-refractivity contribution in [1.29, 1.82) is 0 Å². The number of hydrogen-bond donors (Lipinski definition) is 3. The summed E-state index contributed by atoms with van der Waals surface area (Å²) >= 11 is 0. The maximum absolute atomic E-state index is 13.4. The van der Waals surface area contributed by atoms with Gasteiger partial charge in [-0.3, -0.25) is 4.79 Å². The van der Waals surface area contributed by atoms with Crippen LogP contribution in [0.3, 0.4) is 0 Å². The number of amides is 1. The molecule has 150 valence electrons. The number of carbonyl (C=O) groups is 1. The summed E-state index contributed by atoms with van der Waals surface area (Å²) in [6.07, 6.45) is 0.349. The topological polar surface area (TPSA) is 64.6 Å². The second kappa shape index (κ2) is 8.10. The number of rotatable bonds is 5. The minimum absolute atomic E-state index is 0.0604. The van der Waals surface area contributed by atoms with Gasteiger partial charge in [0.15, 0.2) is 0 Å². The van der Waals surface area contributed by atoms with Gasteiger partial charge in [0.05, 0.1) is 6.04 Å². The highest BCUT2D eigenvalue weighted by Gasteiger charge is 2.35. The molecule has 1 aromatic carbocycles. The number of nitrogens with zero attached hydrogens (tertiary/aromatic N) is 1. The Kier molecular flexibility index (Phi) is 6.01. The summed E-state index contributed by atoms with van der Waals surface area (Å²) in [5, 5.41) is 15.9. The molecule has 2 aliphatic rings. The molecule has 5 nitrogen and oxygen atoms in total. The molecule has 27 heavy (non-hydrogen) atoms. The lowest BCUT2D eigenvalue weighted by molar-refractivity contribution is -0.124. The average molecular weight is 381 g/mol. The van der Waals surface area contributed by atoms with E-state index in [0.717, 1.165) is 11.1 Å². The Labute approximate surface area is 159 Å². The van der Waals surface area contributed by atoms with Crippen molar-refractivity contribution < 1.29 is 18.7 Å². The maximum atomic E-state index is 13.4. The van der Waals surface area contributed by atoms with Gasteiger partial charge in [-0.15, -0.1) is 0 Å². The number of aromatic hydroxyl groups is 1. The maximum Gasteiger partial charge on any atom is 0.250 e. The molecular weight excluding hydrogens is 352 g/mol. The van der Waals surface area contributed by atoms with Gasteiger partial charge in [-0.1, -0.05) is 19.9 Å². The van der Waals surface area contributed by atoms with E-state index in [-0.39, 0.29) is 42.5 Å². The van der Waals surface area contributed by atoms with Crippen molar-refractivity contribution in [3.63, 3.8) is 0 Å². The second-order valence-electron chi connectivity index (χ2n) is 8.11. The summed E-state index contributed by atoms with van der Waals surface area (Å²) in [5.41, 5.74) is 2.07. The Morgan fingerprint density at radius 3 is 2.70 bits per heavy atom. The van der Waals surface area contributed by atoms with Crippen LogP contribution in [-0.2, 0) is 17.8 Å². The lowest BCUT2D eigenvalue weighted by Gasteiger charge is -2.36. The van der Waals surface area contributed by atoms with Crippen LogP contribution >= 0.6 is 0 Å². The van der Waals surface area contributed by atoms with Crippen LogP contribution in [0.2, 0.25) is 0 Å². The first-order valence-corrected chi connectivity index (χ1v) is 9.68. The van der Waals surface area contributed by atoms with Crippen molar-refractivity contribution in [1.82, 2.24) is 15.5 Å². The fraction of sp³-hybridized carbons (Fsp3) is 0.650. The SMILES string of the molecule is CC(C)C(CN1CCC(F)(F)CC1)NC(=O)[C@H]1Cc2ccc(O)cc2CN1. The van der Waals surface area contributed by atoms with Crippen molar-refractivity contribution in [2.75, 3.05) is 19.6 Å². The predicted molar refractivity (Wildman–Crippen MR) is 99.8 cm³/mol. The molecule has 0 spiro atoms. The predicted octanol–water partition coefficient (Wildman–Crippen LogP) is 2.28. The Bertz CT molecular complexity index is 671. The molecule has 2 heterocycles. The van der Waals surface area contributed by atoms with Gasteiger partial charge < -0.3 is 20.6 Å². The van der Waals surface area contributed by atoms with Gasteiger partial charge in [0.25, 0.3) is 5.92 Å². The quantitative estimate of drug-likeness (QED) is 0.732. The molecule has 1 fully saturated rings. The number of phenols is 1. The van der Waals surface area contributed by atoms with Crippen LogP contribution in [-0.4, -0.2) is 53.6 Å². The highest BCUT2D eigenvalue weighted by molar-refractivity contribution is 5.82. The molecule has 2 aliphatic heterocycles. The number of carbonyl (C=O) groups excluding carboxylic acids is 1. The molecule has 1 unspecified atom stereocenters. The number of phenolic OH excluding ortho intramolecular Hbond substituents is 1. The van der Waals surface area contributed by atoms with Crippen LogP contribution in [0.25, 0.3) is 0 Å². The molecule has 0 saturated carbocycles. The van der Waals surface area contributed by atoms with E-state index in [1.165, 1.54) is 0 Å². The average Bonchev–Trinajstić information content (AvgIpc) is 2.62. The molecule has 1 saturated heterocycles. The van der Waals surface area contributed by atoms with Crippen molar-refractivity contribution in [3.05, 3.63) is 29.3 Å². The van der Waals surface area contributed by atoms with Gasteiger partial charge in [-0.25, -0.2) is 8.78 Å². The molecule has 0 bridgehead atoms. The number of fused-ring (bicyclic) bond motifs is 1. The summed E-state index contributed by atoms with van der Waals surface area (Å²) < 4.78 is 26.7. The van der Waals surface area contributed by atoms with E-state index in [2.05, 4.69) is 10.6 Å².